The molecule has 13 heteroatoms. The molecular formula is C26H14BrCl2F3N6Zn. The summed E-state index contributed by atoms with van der Waals surface area (Å²) in [4.78, 5) is 19.3. The van der Waals surface area contributed by atoms with Crippen molar-refractivity contribution in [1.82, 2.24) is 24.9 Å². The van der Waals surface area contributed by atoms with Gasteiger partial charge in [-0.25, -0.2) is 28.1 Å². The second-order valence-corrected chi connectivity index (χ2v) is 8.14. The Bertz CT molecular complexity index is 1470. The van der Waals surface area contributed by atoms with Crippen LogP contribution in [0.1, 0.15) is 5.56 Å². The van der Waals surface area contributed by atoms with Crippen molar-refractivity contribution in [3.8, 4) is 28.7 Å². The molecule has 0 aliphatic rings. The fourth-order valence-electron chi connectivity index (χ4n) is 2.64. The maximum absolute atomic E-state index is 12.9. The van der Waals surface area contributed by atoms with Crippen LogP contribution in [0, 0.1) is 35.0 Å². The fraction of sp³-hybridized carbons (Fsp3) is 0. The van der Waals surface area contributed by atoms with Crippen LogP contribution >= 0.6 is 37.2 Å². The van der Waals surface area contributed by atoms with Crippen molar-refractivity contribution < 1.29 is 30.5 Å². The topological polar surface area (TPSA) is 88.2 Å². The summed E-state index contributed by atoms with van der Waals surface area (Å²) in [5.41, 5.74) is 2.85. The molecule has 0 saturated heterocycles. The van der Waals surface area contributed by atoms with E-state index in [4.69, 9.17) is 26.6 Å². The summed E-state index contributed by atoms with van der Waals surface area (Å²) in [6, 6.07) is 17.2. The molecule has 5 aromatic rings. The van der Waals surface area contributed by atoms with E-state index in [-0.39, 0.29) is 11.6 Å². The minimum atomic E-state index is -0.411. The number of rotatable bonds is 2. The summed E-state index contributed by atoms with van der Waals surface area (Å²) in [6.07, 6.45) is 7.23. The van der Waals surface area contributed by atoms with Crippen LogP contribution in [0.4, 0.5) is 13.2 Å². The van der Waals surface area contributed by atoms with Crippen LogP contribution < -0.4 is 0 Å². The van der Waals surface area contributed by atoms with E-state index >= 15 is 0 Å². The molecule has 0 unspecified atom stereocenters. The molecular weight excluding hydrogens is 670 g/mol. The fourth-order valence-corrected chi connectivity index (χ4v) is 3.11. The number of halogens is 6. The first-order valence-electron chi connectivity index (χ1n) is 10.5. The molecule has 6 nitrogen and oxygen atoms in total. The van der Waals surface area contributed by atoms with Gasteiger partial charge in [-0.3, -0.25) is 4.98 Å². The van der Waals surface area contributed by atoms with Gasteiger partial charge in [0.1, 0.15) is 22.6 Å². The van der Waals surface area contributed by atoms with Gasteiger partial charge in [-0.05, 0) is 64.5 Å². The van der Waals surface area contributed by atoms with E-state index in [9.17, 15) is 13.2 Å². The molecule has 0 aliphatic heterocycles. The summed E-state index contributed by atoms with van der Waals surface area (Å²) in [6.45, 7) is 0. The molecule has 0 radical (unpaired) electrons. The molecule has 0 saturated carbocycles. The van der Waals surface area contributed by atoms with E-state index in [0.29, 0.717) is 37.8 Å². The van der Waals surface area contributed by atoms with Crippen molar-refractivity contribution in [3.63, 3.8) is 0 Å². The zero-order valence-electron chi connectivity index (χ0n) is 19.7. The number of aromatic nitrogens is 5. The van der Waals surface area contributed by atoms with Crippen molar-refractivity contribution in [3.05, 3.63) is 124 Å². The Hall–Kier alpha value is -3.29. The normalized spacial score (nSPS) is 9.41. The van der Waals surface area contributed by atoms with Crippen molar-refractivity contribution in [1.29, 1.82) is 5.26 Å². The zero-order valence-corrected chi connectivity index (χ0v) is 25.8. The Morgan fingerprint density at radius 2 is 1.44 bits per heavy atom. The van der Waals surface area contributed by atoms with Crippen LogP contribution in [-0.2, 0) is 17.3 Å². The Kier molecular flexibility index (Phi) is 14.2. The molecule has 0 atom stereocenters. The number of nitrogens with zero attached hydrogens (tertiary/aromatic N) is 6. The van der Waals surface area contributed by atoms with E-state index < -0.39 is 5.82 Å². The number of hydrogen-bond donors (Lipinski definition) is 0. The summed E-state index contributed by atoms with van der Waals surface area (Å²) in [5.74, 6) is -1.04. The number of hydrogen-bond acceptors (Lipinski definition) is 6. The first-order chi connectivity index (χ1) is 18.8. The first kappa shape index (κ1) is 31.9. The van der Waals surface area contributed by atoms with Crippen LogP contribution in [0.5, 0.6) is 0 Å². The molecule has 4 heterocycles. The molecule has 0 fully saturated rings. The standard InChI is InChI=1S/C16H8ClFN4.C5H3BrFN.C5H3FN.ClH.Zn/c17-12-4-10(7-19)3-11(5-12)15-6-16(22-9-21-15)14-2-1-13(18)8-20-14;6-5-2-1-4(7)3-8-5;6-5-2-1-3-7-4-5;;/h1-6,8-9H;1-3H;1-2,4H;1H;/q;;-1;;+2/p-1. The van der Waals surface area contributed by atoms with Gasteiger partial charge in [-0.15, -0.1) is 6.07 Å². The molecule has 0 spiro atoms. The molecule has 4 aromatic heterocycles. The molecule has 0 amide bonds. The minimum absolute atomic E-state index is 0.312. The van der Waals surface area contributed by atoms with Crippen LogP contribution in [0.3, 0.4) is 0 Å². The van der Waals surface area contributed by atoms with Gasteiger partial charge in [0.2, 0.25) is 0 Å². The van der Waals surface area contributed by atoms with Crippen molar-refractivity contribution >= 4 is 37.2 Å². The molecule has 0 N–H and O–H groups in total. The molecule has 39 heavy (non-hydrogen) atoms. The van der Waals surface area contributed by atoms with Gasteiger partial charge < -0.3 is 4.98 Å². The van der Waals surface area contributed by atoms with Gasteiger partial charge in [0.05, 0.1) is 41.1 Å². The third-order valence-corrected chi connectivity index (χ3v) is 4.94. The van der Waals surface area contributed by atoms with Crippen LogP contribution in [0.2, 0.25) is 5.02 Å². The van der Waals surface area contributed by atoms with Gasteiger partial charge in [-0.2, -0.15) is 11.3 Å². The number of nitriles is 1. The third kappa shape index (κ3) is 11.5. The second kappa shape index (κ2) is 17.3. The Morgan fingerprint density at radius 1 is 0.769 bits per heavy atom. The molecule has 192 valence electrons. The predicted molar refractivity (Wildman–Crippen MR) is 141 cm³/mol. The Morgan fingerprint density at radius 3 is 1.95 bits per heavy atom. The van der Waals surface area contributed by atoms with Gasteiger partial charge >= 0.3 is 27.0 Å². The summed E-state index contributed by atoms with van der Waals surface area (Å²) in [5, 5.41) is 9.46. The van der Waals surface area contributed by atoms with E-state index in [1.54, 1.807) is 36.4 Å². The van der Waals surface area contributed by atoms with Gasteiger partial charge in [0.15, 0.2) is 0 Å². The van der Waals surface area contributed by atoms with Gasteiger partial charge in [0, 0.05) is 16.4 Å². The summed E-state index contributed by atoms with van der Waals surface area (Å²) in [7, 11) is 4.76. The van der Waals surface area contributed by atoms with Gasteiger partial charge in [0.25, 0.3) is 0 Å². The summed E-state index contributed by atoms with van der Waals surface area (Å²) < 4.78 is 37.4. The predicted octanol–water partition coefficient (Wildman–Crippen LogP) is 7.56. The van der Waals surface area contributed by atoms with Crippen LogP contribution in [0.25, 0.3) is 22.6 Å². The van der Waals surface area contributed by atoms with Gasteiger partial charge in [-0.1, -0.05) is 24.0 Å². The average Bonchev–Trinajstić information content (AvgIpc) is 2.97. The second-order valence-electron chi connectivity index (χ2n) is 6.90. The molecule has 1 aromatic carbocycles. The quantitative estimate of drug-likeness (QED) is 0.108. The molecule has 5 rings (SSSR count). The molecule has 0 aliphatic carbocycles. The third-order valence-electron chi connectivity index (χ3n) is 4.25. The number of pyridine rings is 3. The van der Waals surface area contributed by atoms with Crippen molar-refractivity contribution in [2.45, 2.75) is 0 Å². The molecule has 0 bridgehead atoms. The Labute approximate surface area is 249 Å². The average molecular weight is 684 g/mol. The maximum atomic E-state index is 12.9. The monoisotopic (exact) mass is 680 g/mol. The van der Waals surface area contributed by atoms with E-state index in [0.717, 1.165) is 35.9 Å². The van der Waals surface area contributed by atoms with Crippen LogP contribution in [0.15, 0.2) is 90.2 Å². The van der Waals surface area contributed by atoms with E-state index in [1.165, 1.54) is 30.6 Å². The SMILES string of the molecule is Fc1cc[c-]nc1.Fc1ccc(Br)nc1.N#Cc1cc(Cl)cc(-c2cc(-c3ccc(F)cn3)ncn2)c1.[Cl][Zn+]. The van der Waals surface area contributed by atoms with Crippen molar-refractivity contribution in [2.75, 3.05) is 0 Å². The Balaban J connectivity index is 0.000000255. The number of benzene rings is 1. The first-order valence-corrected chi connectivity index (χ1v) is 15.6. The summed E-state index contributed by atoms with van der Waals surface area (Å²) >= 11 is 9.92. The van der Waals surface area contributed by atoms with Crippen molar-refractivity contribution in [2.24, 2.45) is 0 Å². The van der Waals surface area contributed by atoms with E-state index in [1.807, 2.05) is 6.07 Å². The van der Waals surface area contributed by atoms with E-state index in [2.05, 4.69) is 47.0 Å². The zero-order chi connectivity index (χ0) is 28.6. The van der Waals surface area contributed by atoms with Crippen LogP contribution in [-0.4, -0.2) is 24.9 Å².